The van der Waals surface area contributed by atoms with E-state index in [2.05, 4.69) is 10.1 Å². The van der Waals surface area contributed by atoms with Crippen LogP contribution in [0.15, 0.2) is 11.5 Å². The lowest BCUT2D eigenvalue weighted by Gasteiger charge is -2.29. The molecule has 6 heteroatoms. The van der Waals surface area contributed by atoms with Gasteiger partial charge in [0.05, 0.1) is 0 Å². The van der Waals surface area contributed by atoms with Crippen molar-refractivity contribution in [3.63, 3.8) is 0 Å². The van der Waals surface area contributed by atoms with Gasteiger partial charge in [0.25, 0.3) is 0 Å². The van der Waals surface area contributed by atoms with Crippen LogP contribution in [0.4, 0.5) is 0 Å². The zero-order valence-corrected chi connectivity index (χ0v) is 9.86. The molecule has 0 aromatic carbocycles. The summed E-state index contributed by atoms with van der Waals surface area (Å²) in [6.45, 7) is 0.816. The third kappa shape index (κ3) is 2.09. The van der Waals surface area contributed by atoms with Crippen molar-refractivity contribution < 1.29 is 9.47 Å². The van der Waals surface area contributed by atoms with Gasteiger partial charge in [0.15, 0.2) is 17.7 Å². The number of hydrogen-bond donors (Lipinski definition) is 0. The van der Waals surface area contributed by atoms with Gasteiger partial charge in [0, 0.05) is 18.8 Å². The maximum absolute atomic E-state index is 5.94. The Labute approximate surface area is 98.5 Å². The standard InChI is InChI=1S/C10H15N3O2S/c1-2-5-14-9(3-1)15-8-4-6-16-10-11-7-12-13(8)10/h7-9H,1-6H2. The van der Waals surface area contributed by atoms with Gasteiger partial charge in [-0.3, -0.25) is 0 Å². The number of hydrogen-bond acceptors (Lipinski definition) is 5. The highest BCUT2D eigenvalue weighted by atomic mass is 32.2. The SMILES string of the molecule is c1nc2n(n1)C(OC1CCCCO1)CCS2. The highest BCUT2D eigenvalue weighted by molar-refractivity contribution is 7.99. The maximum atomic E-state index is 5.94. The van der Waals surface area contributed by atoms with Crippen LogP contribution in [0.5, 0.6) is 0 Å². The van der Waals surface area contributed by atoms with Crippen molar-refractivity contribution in [2.75, 3.05) is 12.4 Å². The third-order valence-corrected chi connectivity index (χ3v) is 3.85. The minimum absolute atomic E-state index is 0.00171. The Kier molecular flexibility index (Phi) is 3.12. The Bertz CT molecular complexity index is 352. The van der Waals surface area contributed by atoms with Crippen molar-refractivity contribution >= 4 is 11.8 Å². The molecule has 2 aliphatic rings. The Morgan fingerprint density at radius 1 is 1.44 bits per heavy atom. The van der Waals surface area contributed by atoms with Crippen molar-refractivity contribution in [3.05, 3.63) is 6.33 Å². The predicted octanol–water partition coefficient (Wildman–Crippen LogP) is 1.82. The molecule has 1 aromatic heterocycles. The molecule has 2 atom stereocenters. The fourth-order valence-corrected chi connectivity index (χ4v) is 2.95. The molecule has 1 saturated heterocycles. The van der Waals surface area contributed by atoms with Crippen LogP contribution in [0.25, 0.3) is 0 Å². The first-order valence-electron chi connectivity index (χ1n) is 5.73. The van der Waals surface area contributed by atoms with Crippen LogP contribution in [0.3, 0.4) is 0 Å². The number of nitrogens with zero attached hydrogens (tertiary/aromatic N) is 3. The molecule has 2 aliphatic heterocycles. The zero-order valence-electron chi connectivity index (χ0n) is 9.04. The van der Waals surface area contributed by atoms with Crippen LogP contribution in [-0.2, 0) is 9.47 Å². The number of ether oxygens (including phenoxy) is 2. The summed E-state index contributed by atoms with van der Waals surface area (Å²) < 4.78 is 13.4. The lowest BCUT2D eigenvalue weighted by Crippen LogP contribution is -2.29. The van der Waals surface area contributed by atoms with E-state index in [9.17, 15) is 0 Å². The summed E-state index contributed by atoms with van der Waals surface area (Å²) in [6.07, 6.45) is 5.84. The van der Waals surface area contributed by atoms with Crippen LogP contribution >= 0.6 is 11.8 Å². The minimum Gasteiger partial charge on any atom is -0.353 e. The van der Waals surface area contributed by atoms with E-state index in [4.69, 9.17) is 9.47 Å². The van der Waals surface area contributed by atoms with E-state index in [0.29, 0.717) is 0 Å². The molecule has 0 spiro atoms. The quantitative estimate of drug-likeness (QED) is 0.790. The molecule has 16 heavy (non-hydrogen) atoms. The normalized spacial score (nSPS) is 30.0. The molecule has 1 aromatic rings. The molecule has 88 valence electrons. The van der Waals surface area contributed by atoms with Crippen LogP contribution < -0.4 is 0 Å². The summed E-state index contributed by atoms with van der Waals surface area (Å²) in [5, 5.41) is 5.16. The molecular weight excluding hydrogens is 226 g/mol. The molecule has 0 bridgehead atoms. The van der Waals surface area contributed by atoms with E-state index in [1.807, 2.05) is 4.68 Å². The van der Waals surface area contributed by atoms with Crippen LogP contribution in [0, 0.1) is 0 Å². The molecule has 0 saturated carbocycles. The summed E-state index contributed by atoms with van der Waals surface area (Å²) in [6, 6.07) is 0. The minimum atomic E-state index is -0.0566. The number of thioether (sulfide) groups is 1. The number of aromatic nitrogens is 3. The first kappa shape index (κ1) is 10.6. The van der Waals surface area contributed by atoms with Gasteiger partial charge in [-0.2, -0.15) is 5.10 Å². The van der Waals surface area contributed by atoms with Crippen molar-refractivity contribution in [2.45, 2.75) is 43.4 Å². The van der Waals surface area contributed by atoms with E-state index in [-0.39, 0.29) is 12.5 Å². The van der Waals surface area contributed by atoms with E-state index in [1.165, 1.54) is 6.42 Å². The smallest absolute Gasteiger partial charge is 0.188 e. The second-order valence-electron chi connectivity index (χ2n) is 4.01. The van der Waals surface area contributed by atoms with E-state index >= 15 is 0 Å². The van der Waals surface area contributed by atoms with Gasteiger partial charge in [-0.05, 0) is 19.3 Å². The Hall–Kier alpha value is -0.590. The van der Waals surface area contributed by atoms with Gasteiger partial charge < -0.3 is 9.47 Å². The summed E-state index contributed by atoms with van der Waals surface area (Å²) in [4.78, 5) is 4.19. The van der Waals surface area contributed by atoms with E-state index < -0.39 is 0 Å². The molecule has 0 N–H and O–H groups in total. The summed E-state index contributed by atoms with van der Waals surface area (Å²) in [5.41, 5.74) is 0. The number of fused-ring (bicyclic) bond motifs is 1. The van der Waals surface area contributed by atoms with Gasteiger partial charge in [-0.25, -0.2) is 9.67 Å². The van der Waals surface area contributed by atoms with Gasteiger partial charge in [0.1, 0.15) is 6.33 Å². The van der Waals surface area contributed by atoms with Crippen molar-refractivity contribution in [1.29, 1.82) is 0 Å². The highest BCUT2D eigenvalue weighted by Gasteiger charge is 2.26. The fourth-order valence-electron chi connectivity index (χ4n) is 2.03. The van der Waals surface area contributed by atoms with Gasteiger partial charge in [-0.1, -0.05) is 11.8 Å². The fraction of sp³-hybridized carbons (Fsp3) is 0.800. The average Bonchev–Trinajstić information content (AvgIpc) is 2.80. The Balaban J connectivity index is 1.67. The summed E-state index contributed by atoms with van der Waals surface area (Å²) in [5.74, 6) is 1.04. The van der Waals surface area contributed by atoms with Gasteiger partial charge in [0.2, 0.25) is 0 Å². The van der Waals surface area contributed by atoms with Crippen LogP contribution in [0.2, 0.25) is 0 Å². The van der Waals surface area contributed by atoms with E-state index in [0.717, 1.165) is 36.8 Å². The molecule has 0 radical (unpaired) electrons. The molecule has 3 rings (SSSR count). The van der Waals surface area contributed by atoms with Crippen molar-refractivity contribution in [1.82, 2.24) is 14.8 Å². The lowest BCUT2D eigenvalue weighted by molar-refractivity contribution is -0.211. The Morgan fingerprint density at radius 2 is 2.44 bits per heavy atom. The monoisotopic (exact) mass is 241 g/mol. The molecule has 3 heterocycles. The van der Waals surface area contributed by atoms with Crippen molar-refractivity contribution in [2.24, 2.45) is 0 Å². The lowest BCUT2D eigenvalue weighted by atomic mass is 10.2. The Morgan fingerprint density at radius 3 is 3.31 bits per heavy atom. The van der Waals surface area contributed by atoms with Gasteiger partial charge >= 0.3 is 0 Å². The second-order valence-corrected chi connectivity index (χ2v) is 5.07. The first-order valence-corrected chi connectivity index (χ1v) is 6.71. The first-order chi connectivity index (χ1) is 7.93. The largest absolute Gasteiger partial charge is 0.353 e. The average molecular weight is 241 g/mol. The van der Waals surface area contributed by atoms with Gasteiger partial charge in [-0.15, -0.1) is 0 Å². The topological polar surface area (TPSA) is 49.2 Å². The molecule has 2 unspecified atom stereocenters. The highest BCUT2D eigenvalue weighted by Crippen LogP contribution is 2.31. The predicted molar refractivity (Wildman–Crippen MR) is 59.1 cm³/mol. The van der Waals surface area contributed by atoms with Crippen molar-refractivity contribution in [3.8, 4) is 0 Å². The maximum Gasteiger partial charge on any atom is 0.188 e. The van der Waals surface area contributed by atoms with Crippen LogP contribution in [0.1, 0.15) is 31.9 Å². The van der Waals surface area contributed by atoms with E-state index in [1.54, 1.807) is 18.1 Å². The summed E-state index contributed by atoms with van der Waals surface area (Å²) >= 11 is 1.73. The molecule has 5 nitrogen and oxygen atoms in total. The third-order valence-electron chi connectivity index (χ3n) is 2.86. The second kappa shape index (κ2) is 4.73. The molecule has 1 fully saturated rings. The molecular formula is C10H15N3O2S. The summed E-state index contributed by atoms with van der Waals surface area (Å²) in [7, 11) is 0. The van der Waals surface area contributed by atoms with Crippen LogP contribution in [-0.4, -0.2) is 33.4 Å². The molecule has 0 aliphatic carbocycles. The molecule has 0 amide bonds. The zero-order chi connectivity index (χ0) is 10.8. The number of rotatable bonds is 2.